The number of nitrogens with two attached hydrogens (primary N) is 1. The fraction of sp³-hybridized carbons (Fsp3) is 0.458. The molecule has 4 nitrogen and oxygen atoms in total. The van der Waals surface area contributed by atoms with Gasteiger partial charge in [-0.3, -0.25) is 9.69 Å². The van der Waals surface area contributed by atoms with E-state index in [0.717, 1.165) is 39.1 Å². The number of benzene rings is 2. The minimum Gasteiger partial charge on any atom is -0.465 e. The van der Waals surface area contributed by atoms with E-state index in [1.54, 1.807) is 0 Å². The summed E-state index contributed by atoms with van der Waals surface area (Å²) in [6, 6.07) is 14.7. The summed E-state index contributed by atoms with van der Waals surface area (Å²) in [5.41, 5.74) is 8.98. The summed E-state index contributed by atoms with van der Waals surface area (Å²) < 4.78 is 6.83. The molecular weight excluding hydrogens is 511 g/mol. The number of esters is 1. The average Bonchev–Trinajstić information content (AvgIpc) is 2.93. The van der Waals surface area contributed by atoms with Crippen LogP contribution in [0.25, 0.3) is 0 Å². The molecule has 2 heterocycles. The highest BCUT2D eigenvalue weighted by molar-refractivity contribution is 14.1. The van der Waals surface area contributed by atoms with Crippen molar-refractivity contribution in [2.24, 2.45) is 5.92 Å². The molecule has 2 unspecified atom stereocenters. The van der Waals surface area contributed by atoms with E-state index in [1.165, 1.54) is 5.56 Å². The number of piperidine rings is 1. The van der Waals surface area contributed by atoms with E-state index >= 15 is 0 Å². The van der Waals surface area contributed by atoms with E-state index in [9.17, 15) is 4.79 Å². The van der Waals surface area contributed by atoms with Crippen LogP contribution in [0.1, 0.15) is 43.7 Å². The van der Waals surface area contributed by atoms with Gasteiger partial charge in [0.1, 0.15) is 0 Å². The van der Waals surface area contributed by atoms with Crippen LogP contribution in [0.2, 0.25) is 5.02 Å². The Morgan fingerprint density at radius 2 is 1.97 bits per heavy atom. The second-order valence-corrected chi connectivity index (χ2v) is 9.76. The van der Waals surface area contributed by atoms with Gasteiger partial charge in [-0.15, -0.1) is 0 Å². The molecule has 0 aromatic heterocycles. The third-order valence-electron chi connectivity index (χ3n) is 6.54. The summed E-state index contributed by atoms with van der Waals surface area (Å²) in [7, 11) is 2.15. The van der Waals surface area contributed by atoms with Crippen molar-refractivity contribution in [3.8, 4) is 0 Å². The third-order valence-corrected chi connectivity index (χ3v) is 7.73. The minimum atomic E-state index is -0.133. The van der Waals surface area contributed by atoms with Gasteiger partial charge in [0.2, 0.25) is 0 Å². The highest BCUT2D eigenvalue weighted by Crippen LogP contribution is 2.46. The molecule has 2 fully saturated rings. The van der Waals surface area contributed by atoms with Crippen molar-refractivity contribution in [3.63, 3.8) is 0 Å². The maximum atomic E-state index is 13.2. The van der Waals surface area contributed by atoms with Gasteiger partial charge in [-0.25, -0.2) is 0 Å². The van der Waals surface area contributed by atoms with Crippen LogP contribution >= 0.6 is 34.2 Å². The zero-order valence-electron chi connectivity index (χ0n) is 16.5. The number of rotatable bonds is 5. The Balaban J connectivity index is 0.00000256. The molecule has 4 atom stereocenters. The van der Waals surface area contributed by atoms with Crippen molar-refractivity contribution < 1.29 is 9.53 Å². The molecular formula is C24H30ClIN2O2. The molecule has 2 aliphatic heterocycles. The predicted molar refractivity (Wildman–Crippen MR) is 132 cm³/mol. The van der Waals surface area contributed by atoms with E-state index in [-0.39, 0.29) is 31.3 Å². The van der Waals surface area contributed by atoms with Crippen molar-refractivity contribution in [2.75, 3.05) is 19.4 Å². The first-order valence-corrected chi connectivity index (χ1v) is 11.6. The van der Waals surface area contributed by atoms with E-state index in [0.29, 0.717) is 19.1 Å². The molecule has 0 radical (unpaired) electrons. The lowest BCUT2D eigenvalue weighted by Crippen LogP contribution is -2.49. The maximum Gasteiger partial charge on any atom is 0.311 e. The molecule has 2 bridgehead atoms. The first-order chi connectivity index (χ1) is 13.9. The lowest BCUT2D eigenvalue weighted by Gasteiger charge is -2.42. The monoisotopic (exact) mass is 540 g/mol. The molecule has 2 aliphatic rings. The Morgan fingerprint density at radius 3 is 2.67 bits per heavy atom. The lowest BCUT2D eigenvalue weighted by atomic mass is 9.76. The van der Waals surface area contributed by atoms with Crippen molar-refractivity contribution in [1.82, 2.24) is 4.90 Å². The molecule has 2 aromatic rings. The number of carbonyl (C=O) groups excluding carboxylic acids is 1. The SMILES string of the molecule is C.CN1C2CC[C@@H]1C[C@H](c1ccc(Cl)cc1)C2C(=O)OCCc1ccc(N)c(I)c1. The van der Waals surface area contributed by atoms with Crippen molar-refractivity contribution >= 4 is 45.8 Å². The van der Waals surface area contributed by atoms with Crippen LogP contribution in [0.4, 0.5) is 5.69 Å². The van der Waals surface area contributed by atoms with Crippen LogP contribution in [0.3, 0.4) is 0 Å². The zero-order valence-corrected chi connectivity index (χ0v) is 19.4. The molecule has 0 aliphatic carbocycles. The van der Waals surface area contributed by atoms with E-state index < -0.39 is 0 Å². The third kappa shape index (κ3) is 4.78. The molecule has 0 spiro atoms. The summed E-state index contributed by atoms with van der Waals surface area (Å²) >= 11 is 8.31. The molecule has 0 amide bonds. The fourth-order valence-corrected chi connectivity index (χ4v) is 5.64. The Bertz CT molecular complexity index is 889. The van der Waals surface area contributed by atoms with Gasteiger partial charge < -0.3 is 10.5 Å². The number of hydrogen-bond acceptors (Lipinski definition) is 4. The molecule has 4 rings (SSSR count). The van der Waals surface area contributed by atoms with Gasteiger partial charge >= 0.3 is 5.97 Å². The minimum absolute atomic E-state index is 0. The molecule has 162 valence electrons. The van der Waals surface area contributed by atoms with Gasteiger partial charge in [0.15, 0.2) is 0 Å². The van der Waals surface area contributed by atoms with Crippen LogP contribution in [-0.2, 0) is 16.0 Å². The quantitative estimate of drug-likeness (QED) is 0.308. The zero-order chi connectivity index (χ0) is 20.5. The number of ether oxygens (including phenoxy) is 1. The van der Waals surface area contributed by atoms with Crippen LogP contribution in [0.5, 0.6) is 0 Å². The fourth-order valence-electron chi connectivity index (χ4n) is 4.93. The second-order valence-electron chi connectivity index (χ2n) is 8.16. The first-order valence-electron chi connectivity index (χ1n) is 10.1. The lowest BCUT2D eigenvalue weighted by molar-refractivity contribution is -0.153. The van der Waals surface area contributed by atoms with E-state index in [2.05, 4.69) is 52.7 Å². The number of nitrogens with zero attached hydrogens (tertiary/aromatic N) is 1. The average molecular weight is 541 g/mol. The summed E-state index contributed by atoms with van der Waals surface area (Å²) in [5, 5.41) is 0.724. The number of carbonyl (C=O) groups is 1. The van der Waals surface area contributed by atoms with Gasteiger partial charge in [0, 0.05) is 38.7 Å². The van der Waals surface area contributed by atoms with Gasteiger partial charge in [0.05, 0.1) is 12.5 Å². The molecule has 6 heteroatoms. The molecule has 0 saturated carbocycles. The molecule has 30 heavy (non-hydrogen) atoms. The Kier molecular flexibility index (Phi) is 7.69. The first kappa shape index (κ1) is 23.4. The van der Waals surface area contributed by atoms with Crippen molar-refractivity contribution in [2.45, 2.75) is 51.1 Å². The Morgan fingerprint density at radius 1 is 1.23 bits per heavy atom. The Hall–Kier alpha value is -1.31. The summed E-state index contributed by atoms with van der Waals surface area (Å²) in [6.07, 6.45) is 3.90. The van der Waals surface area contributed by atoms with Crippen LogP contribution in [-0.4, -0.2) is 36.6 Å². The topological polar surface area (TPSA) is 55.6 Å². The summed E-state index contributed by atoms with van der Waals surface area (Å²) in [5.74, 6) is -0.0234. The standard InChI is InChI=1S/C23H26ClIN2O2.CH4/c1-27-17-7-9-21(27)22(18(13-17)15-3-5-16(24)6-4-15)23(28)29-11-10-14-2-8-20(26)19(25)12-14;/h2-6,8,12,17-18,21-22H,7,9-11,13,26H2,1H3;1H4/t17-,18-,21?,22?;/m1./s1. The van der Waals surface area contributed by atoms with Crippen LogP contribution in [0.15, 0.2) is 42.5 Å². The predicted octanol–water partition coefficient (Wildman–Crippen LogP) is 5.52. The highest BCUT2D eigenvalue weighted by Gasteiger charge is 2.49. The highest BCUT2D eigenvalue weighted by atomic mass is 127. The number of anilines is 1. The van der Waals surface area contributed by atoms with Gasteiger partial charge in [0.25, 0.3) is 0 Å². The van der Waals surface area contributed by atoms with Crippen molar-refractivity contribution in [3.05, 3.63) is 62.2 Å². The van der Waals surface area contributed by atoms with Gasteiger partial charge in [-0.05, 0) is 84.3 Å². The summed E-state index contributed by atoms with van der Waals surface area (Å²) in [4.78, 5) is 15.6. The molecule has 2 saturated heterocycles. The van der Waals surface area contributed by atoms with Crippen molar-refractivity contribution in [1.29, 1.82) is 0 Å². The van der Waals surface area contributed by atoms with Crippen LogP contribution in [0, 0.1) is 9.49 Å². The normalized spacial score (nSPS) is 25.6. The number of halogens is 2. The second kappa shape index (κ2) is 9.88. The number of hydrogen-bond donors (Lipinski definition) is 1. The number of fused-ring (bicyclic) bond motifs is 2. The number of nitrogen functional groups attached to an aromatic ring is 1. The Labute approximate surface area is 198 Å². The summed E-state index contributed by atoms with van der Waals surface area (Å²) in [6.45, 7) is 0.391. The van der Waals surface area contributed by atoms with Crippen LogP contribution < -0.4 is 5.73 Å². The van der Waals surface area contributed by atoms with E-state index in [4.69, 9.17) is 22.1 Å². The van der Waals surface area contributed by atoms with E-state index in [1.807, 2.05) is 24.3 Å². The smallest absolute Gasteiger partial charge is 0.311 e. The maximum absolute atomic E-state index is 13.2. The largest absolute Gasteiger partial charge is 0.465 e. The molecule has 2 N–H and O–H groups in total. The molecule has 2 aromatic carbocycles. The van der Waals surface area contributed by atoms with Gasteiger partial charge in [-0.2, -0.15) is 0 Å². The van der Waals surface area contributed by atoms with Gasteiger partial charge in [-0.1, -0.05) is 37.2 Å².